The lowest BCUT2D eigenvalue weighted by Crippen LogP contribution is -2.32. The predicted molar refractivity (Wildman–Crippen MR) is 88.0 cm³/mol. The molecule has 2 aromatic heterocycles. The Bertz CT molecular complexity index is 822. The minimum absolute atomic E-state index is 0.0923. The number of benzene rings is 1. The van der Waals surface area contributed by atoms with Gasteiger partial charge in [0.25, 0.3) is 5.91 Å². The number of carbonyl (C=O) groups excluding carboxylic acids is 1. The molecule has 1 unspecified atom stereocenters. The van der Waals surface area contributed by atoms with E-state index in [4.69, 9.17) is 4.52 Å². The molecular formula is C17H19N5O2. The predicted octanol–water partition coefficient (Wildman–Crippen LogP) is 2.60. The molecule has 3 aromatic rings. The SMILES string of the molecule is CC(C)C(NC(=O)c1ccccc1)c1nc(-c2ccn(C)n2)no1. The lowest BCUT2D eigenvalue weighted by molar-refractivity contribution is 0.0914. The van der Waals surface area contributed by atoms with Crippen LogP contribution in [0.4, 0.5) is 0 Å². The Morgan fingerprint density at radius 2 is 1.96 bits per heavy atom. The molecule has 7 heteroatoms. The summed E-state index contributed by atoms with van der Waals surface area (Å²) in [6.07, 6.45) is 1.81. The van der Waals surface area contributed by atoms with Gasteiger partial charge in [0.15, 0.2) is 0 Å². The third-order valence-electron chi connectivity index (χ3n) is 3.64. The van der Waals surface area contributed by atoms with Crippen LogP contribution in [0.25, 0.3) is 11.5 Å². The molecule has 0 fully saturated rings. The molecule has 124 valence electrons. The fourth-order valence-corrected chi connectivity index (χ4v) is 2.33. The van der Waals surface area contributed by atoms with Gasteiger partial charge in [-0.2, -0.15) is 10.1 Å². The third kappa shape index (κ3) is 3.34. The molecule has 24 heavy (non-hydrogen) atoms. The summed E-state index contributed by atoms with van der Waals surface area (Å²) in [5, 5.41) is 11.2. The zero-order valence-corrected chi connectivity index (χ0v) is 13.8. The Hall–Kier alpha value is -2.96. The number of hydrogen-bond donors (Lipinski definition) is 1. The van der Waals surface area contributed by atoms with Crippen LogP contribution in [-0.4, -0.2) is 25.8 Å². The van der Waals surface area contributed by atoms with Crippen LogP contribution < -0.4 is 5.32 Å². The minimum Gasteiger partial charge on any atom is -0.340 e. The van der Waals surface area contributed by atoms with Gasteiger partial charge in [-0.15, -0.1) is 0 Å². The maximum Gasteiger partial charge on any atom is 0.251 e. The molecule has 0 bridgehead atoms. The normalized spacial score (nSPS) is 12.3. The Balaban J connectivity index is 1.81. The van der Waals surface area contributed by atoms with Crippen molar-refractivity contribution in [2.45, 2.75) is 19.9 Å². The van der Waals surface area contributed by atoms with Crippen LogP contribution in [0.2, 0.25) is 0 Å². The Labute approximate surface area is 139 Å². The van der Waals surface area contributed by atoms with E-state index in [-0.39, 0.29) is 17.9 Å². The Morgan fingerprint density at radius 3 is 2.58 bits per heavy atom. The standard InChI is InChI=1S/C17H19N5O2/c1-11(2)14(18-16(23)12-7-5-4-6-8-12)17-19-15(21-24-17)13-9-10-22(3)20-13/h4-11,14H,1-3H3,(H,18,23). The minimum atomic E-state index is -0.373. The van der Waals surface area contributed by atoms with Gasteiger partial charge in [0.1, 0.15) is 11.7 Å². The van der Waals surface area contributed by atoms with Crippen molar-refractivity contribution in [1.29, 1.82) is 0 Å². The number of hydrogen-bond acceptors (Lipinski definition) is 5. The van der Waals surface area contributed by atoms with Gasteiger partial charge in [-0.1, -0.05) is 37.2 Å². The number of aromatic nitrogens is 4. The summed E-state index contributed by atoms with van der Waals surface area (Å²) in [5.74, 6) is 0.696. The first-order chi connectivity index (χ1) is 11.5. The lowest BCUT2D eigenvalue weighted by Gasteiger charge is -2.18. The van der Waals surface area contributed by atoms with Crippen molar-refractivity contribution < 1.29 is 9.32 Å². The highest BCUT2D eigenvalue weighted by Gasteiger charge is 2.25. The number of amides is 1. The molecule has 1 atom stereocenters. The van der Waals surface area contributed by atoms with E-state index in [1.807, 2.05) is 51.4 Å². The molecule has 0 aliphatic rings. The van der Waals surface area contributed by atoms with E-state index >= 15 is 0 Å². The third-order valence-corrected chi connectivity index (χ3v) is 3.64. The molecule has 0 saturated carbocycles. The second-order valence-corrected chi connectivity index (χ2v) is 5.89. The lowest BCUT2D eigenvalue weighted by atomic mass is 10.0. The molecule has 0 aliphatic heterocycles. The largest absolute Gasteiger partial charge is 0.340 e. The number of aryl methyl sites for hydroxylation is 1. The van der Waals surface area contributed by atoms with Crippen LogP contribution >= 0.6 is 0 Å². The highest BCUT2D eigenvalue weighted by atomic mass is 16.5. The van der Waals surface area contributed by atoms with E-state index in [0.717, 1.165) is 0 Å². The van der Waals surface area contributed by atoms with Crippen LogP contribution in [0.5, 0.6) is 0 Å². The molecule has 1 aromatic carbocycles. The molecule has 0 saturated heterocycles. The van der Waals surface area contributed by atoms with E-state index in [9.17, 15) is 4.79 Å². The van der Waals surface area contributed by atoms with Crippen LogP contribution in [0, 0.1) is 5.92 Å². The number of nitrogens with zero attached hydrogens (tertiary/aromatic N) is 4. The fraction of sp³-hybridized carbons (Fsp3) is 0.294. The summed E-state index contributed by atoms with van der Waals surface area (Å²) in [4.78, 5) is 16.8. The molecule has 0 spiro atoms. The fourth-order valence-electron chi connectivity index (χ4n) is 2.33. The van der Waals surface area contributed by atoms with Crippen molar-refractivity contribution in [2.24, 2.45) is 13.0 Å². The van der Waals surface area contributed by atoms with Crippen LogP contribution in [0.15, 0.2) is 47.1 Å². The van der Waals surface area contributed by atoms with Gasteiger partial charge in [-0.25, -0.2) is 0 Å². The molecule has 3 rings (SSSR count). The molecule has 1 N–H and O–H groups in total. The van der Waals surface area contributed by atoms with Crippen LogP contribution in [0.1, 0.15) is 36.1 Å². The maximum absolute atomic E-state index is 12.4. The zero-order chi connectivity index (χ0) is 17.1. The van der Waals surface area contributed by atoms with Gasteiger partial charge in [-0.05, 0) is 24.1 Å². The topological polar surface area (TPSA) is 85.8 Å². The second kappa shape index (κ2) is 6.66. The molecule has 0 radical (unpaired) electrons. The summed E-state index contributed by atoms with van der Waals surface area (Å²) in [7, 11) is 1.82. The van der Waals surface area contributed by atoms with Crippen molar-refractivity contribution in [1.82, 2.24) is 25.2 Å². The summed E-state index contributed by atoms with van der Waals surface area (Å²) in [6, 6.07) is 10.5. The van der Waals surface area contributed by atoms with E-state index in [2.05, 4.69) is 20.6 Å². The van der Waals surface area contributed by atoms with Crippen LogP contribution in [-0.2, 0) is 7.05 Å². The Morgan fingerprint density at radius 1 is 1.21 bits per heavy atom. The van der Waals surface area contributed by atoms with Crippen molar-refractivity contribution in [3.8, 4) is 11.5 Å². The highest BCUT2D eigenvalue weighted by molar-refractivity contribution is 5.94. The maximum atomic E-state index is 12.4. The van der Waals surface area contributed by atoms with Gasteiger partial charge in [0, 0.05) is 18.8 Å². The first-order valence-electron chi connectivity index (χ1n) is 7.74. The van der Waals surface area contributed by atoms with Crippen molar-refractivity contribution in [3.05, 3.63) is 54.0 Å². The zero-order valence-electron chi connectivity index (χ0n) is 13.8. The first-order valence-corrected chi connectivity index (χ1v) is 7.74. The van der Waals surface area contributed by atoms with Gasteiger partial charge < -0.3 is 9.84 Å². The number of rotatable bonds is 5. The molecule has 0 aliphatic carbocycles. The molecule has 7 nitrogen and oxygen atoms in total. The van der Waals surface area contributed by atoms with E-state index < -0.39 is 0 Å². The molecule has 2 heterocycles. The van der Waals surface area contributed by atoms with Crippen molar-refractivity contribution in [2.75, 3.05) is 0 Å². The van der Waals surface area contributed by atoms with Gasteiger partial charge in [0.2, 0.25) is 11.7 Å². The van der Waals surface area contributed by atoms with E-state index in [1.165, 1.54) is 0 Å². The first kappa shape index (κ1) is 15.9. The average Bonchev–Trinajstić information content (AvgIpc) is 3.21. The Kier molecular flexibility index (Phi) is 4.41. The van der Waals surface area contributed by atoms with Crippen LogP contribution in [0.3, 0.4) is 0 Å². The van der Waals surface area contributed by atoms with E-state index in [1.54, 1.807) is 16.8 Å². The van der Waals surface area contributed by atoms with Gasteiger partial charge in [0.05, 0.1) is 0 Å². The van der Waals surface area contributed by atoms with E-state index in [0.29, 0.717) is 23.0 Å². The summed E-state index contributed by atoms with van der Waals surface area (Å²) in [6.45, 7) is 3.97. The van der Waals surface area contributed by atoms with Crippen molar-refractivity contribution >= 4 is 5.91 Å². The summed E-state index contributed by atoms with van der Waals surface area (Å²) >= 11 is 0. The molecule has 1 amide bonds. The monoisotopic (exact) mass is 325 g/mol. The highest BCUT2D eigenvalue weighted by Crippen LogP contribution is 2.23. The smallest absolute Gasteiger partial charge is 0.251 e. The summed E-state index contributed by atoms with van der Waals surface area (Å²) in [5.41, 5.74) is 1.22. The number of carbonyl (C=O) groups is 1. The second-order valence-electron chi connectivity index (χ2n) is 5.89. The number of nitrogens with one attached hydrogen (secondary N) is 1. The average molecular weight is 325 g/mol. The van der Waals surface area contributed by atoms with Gasteiger partial charge >= 0.3 is 0 Å². The summed E-state index contributed by atoms with van der Waals surface area (Å²) < 4.78 is 7.03. The van der Waals surface area contributed by atoms with Crippen molar-refractivity contribution in [3.63, 3.8) is 0 Å². The molecular weight excluding hydrogens is 306 g/mol. The quantitative estimate of drug-likeness (QED) is 0.779. The van der Waals surface area contributed by atoms with Gasteiger partial charge in [-0.3, -0.25) is 9.48 Å².